The molecule has 2 aromatic rings. The molecule has 2 rings (SSSR count). The van der Waals surface area contributed by atoms with Crippen LogP contribution in [0.3, 0.4) is 0 Å². The van der Waals surface area contributed by atoms with Crippen LogP contribution >= 0.6 is 24.0 Å². The van der Waals surface area contributed by atoms with E-state index in [0.717, 1.165) is 11.3 Å². The summed E-state index contributed by atoms with van der Waals surface area (Å²) < 4.78 is 61.2. The number of rotatable bonds is 4. The molecule has 1 unspecified atom stereocenters. The fourth-order valence-electron chi connectivity index (χ4n) is 1.53. The van der Waals surface area contributed by atoms with E-state index >= 15 is 0 Å². The van der Waals surface area contributed by atoms with Gasteiger partial charge in [-0.15, -0.1) is 24.0 Å². The molecule has 0 amide bonds. The van der Waals surface area contributed by atoms with E-state index in [-0.39, 0.29) is 5.01 Å². The Bertz CT molecular complexity index is 822. The van der Waals surface area contributed by atoms with E-state index in [1.807, 2.05) is 0 Å². The van der Waals surface area contributed by atoms with Gasteiger partial charge < -0.3 is 0 Å². The van der Waals surface area contributed by atoms with Crippen molar-refractivity contribution in [3.05, 3.63) is 29.3 Å². The second-order valence-corrected chi connectivity index (χ2v) is 9.17. The molecule has 1 heterocycles. The van der Waals surface area contributed by atoms with Crippen LogP contribution in [-0.4, -0.2) is 36.7 Å². The second kappa shape index (κ2) is 4.93. The van der Waals surface area contributed by atoms with E-state index < -0.39 is 30.1 Å². The third-order valence-corrected chi connectivity index (χ3v) is 7.36. The van der Waals surface area contributed by atoms with Crippen molar-refractivity contribution in [2.24, 2.45) is 0 Å². The molecule has 0 aliphatic heterocycles. The van der Waals surface area contributed by atoms with Crippen LogP contribution < -0.4 is 0 Å². The molecule has 0 saturated carbocycles. The third kappa shape index (κ3) is 2.97. The van der Waals surface area contributed by atoms with Gasteiger partial charge in [-0.2, -0.15) is 16.8 Å². The van der Waals surface area contributed by atoms with E-state index in [2.05, 4.69) is 17.6 Å². The summed E-state index contributed by atoms with van der Waals surface area (Å²) in [6.45, 7) is 0. The largest absolute Gasteiger partial charge is 0.287 e. The molecular weight excluding hydrogens is 346 g/mol. The Hall–Kier alpha value is -0.720. The molecule has 0 saturated heterocycles. The van der Waals surface area contributed by atoms with Crippen molar-refractivity contribution in [1.29, 1.82) is 0 Å². The zero-order chi connectivity index (χ0) is 15.2. The standard InChI is InChI=1S/C9H9NO6S4/c11-19(12,13)5-9(17,20(14,15)16)8-10-6-3-1-2-4-7(6)18-8/h1-4,17H,5H2,(H,11,12,13)(H,14,15,16). The Morgan fingerprint density at radius 3 is 2.30 bits per heavy atom. The fraction of sp³-hybridized carbons (Fsp3) is 0.222. The summed E-state index contributed by atoms with van der Waals surface area (Å²) in [5, 5.41) is -0.234. The molecule has 0 aliphatic carbocycles. The molecule has 1 aromatic heterocycles. The average molecular weight is 355 g/mol. The third-order valence-electron chi connectivity index (χ3n) is 2.43. The molecule has 0 bridgehead atoms. The van der Waals surface area contributed by atoms with E-state index in [4.69, 9.17) is 4.55 Å². The van der Waals surface area contributed by atoms with Crippen LogP contribution in [0, 0.1) is 0 Å². The number of benzene rings is 1. The van der Waals surface area contributed by atoms with Crippen LogP contribution in [-0.2, 0) is 24.3 Å². The number of para-hydroxylation sites is 1. The van der Waals surface area contributed by atoms with Crippen molar-refractivity contribution in [2.75, 3.05) is 5.75 Å². The van der Waals surface area contributed by atoms with Crippen molar-refractivity contribution in [2.45, 2.75) is 4.08 Å². The zero-order valence-electron chi connectivity index (χ0n) is 9.66. The predicted octanol–water partition coefficient (Wildman–Crippen LogP) is 1.15. The zero-order valence-corrected chi connectivity index (χ0v) is 13.0. The summed E-state index contributed by atoms with van der Waals surface area (Å²) in [5.41, 5.74) is 0.435. The summed E-state index contributed by atoms with van der Waals surface area (Å²) >= 11 is 4.63. The second-order valence-electron chi connectivity index (χ2n) is 3.97. The normalized spacial score (nSPS) is 16.1. The van der Waals surface area contributed by atoms with Crippen molar-refractivity contribution in [3.63, 3.8) is 0 Å². The Morgan fingerprint density at radius 1 is 1.20 bits per heavy atom. The fourth-order valence-corrected chi connectivity index (χ4v) is 5.63. The number of nitrogens with zero attached hydrogens (tertiary/aromatic N) is 1. The van der Waals surface area contributed by atoms with Gasteiger partial charge in [0.1, 0.15) is 10.8 Å². The summed E-state index contributed by atoms with van der Waals surface area (Å²) in [4.78, 5) is 3.96. The van der Waals surface area contributed by atoms with Crippen LogP contribution in [0.25, 0.3) is 10.2 Å². The van der Waals surface area contributed by atoms with Crippen LogP contribution in [0.2, 0.25) is 0 Å². The number of thiol groups is 1. The lowest BCUT2D eigenvalue weighted by Gasteiger charge is -2.20. The number of fused-ring (bicyclic) bond motifs is 1. The minimum Gasteiger partial charge on any atom is -0.285 e. The van der Waals surface area contributed by atoms with Crippen molar-refractivity contribution in [1.82, 2.24) is 4.98 Å². The van der Waals surface area contributed by atoms with E-state index in [1.54, 1.807) is 24.3 Å². The molecule has 1 atom stereocenters. The molecule has 0 fully saturated rings. The highest BCUT2D eigenvalue weighted by atomic mass is 32.3. The highest BCUT2D eigenvalue weighted by Crippen LogP contribution is 2.39. The lowest BCUT2D eigenvalue weighted by Crippen LogP contribution is -2.37. The molecular formula is C9H9NO6S4. The maximum absolute atomic E-state index is 11.5. The topological polar surface area (TPSA) is 122 Å². The molecule has 7 nitrogen and oxygen atoms in total. The van der Waals surface area contributed by atoms with Crippen LogP contribution in [0.5, 0.6) is 0 Å². The Labute approximate surface area is 124 Å². The smallest absolute Gasteiger partial charge is 0.285 e. The lowest BCUT2D eigenvalue weighted by atomic mass is 10.3. The molecule has 110 valence electrons. The van der Waals surface area contributed by atoms with Crippen molar-refractivity contribution < 1.29 is 25.9 Å². The van der Waals surface area contributed by atoms with Gasteiger partial charge in [0.25, 0.3) is 20.2 Å². The monoisotopic (exact) mass is 355 g/mol. The summed E-state index contributed by atoms with van der Waals surface area (Å²) in [6.07, 6.45) is 0. The predicted molar refractivity (Wildman–Crippen MR) is 78.2 cm³/mol. The molecule has 1 aromatic carbocycles. The van der Waals surface area contributed by atoms with Gasteiger partial charge in [-0.05, 0) is 12.1 Å². The van der Waals surface area contributed by atoms with Gasteiger partial charge in [0.15, 0.2) is 0 Å². The van der Waals surface area contributed by atoms with Crippen molar-refractivity contribution >= 4 is 54.4 Å². The van der Waals surface area contributed by atoms with Crippen LogP contribution in [0.4, 0.5) is 0 Å². The van der Waals surface area contributed by atoms with E-state index in [9.17, 15) is 21.4 Å². The minimum atomic E-state index is -4.93. The first-order chi connectivity index (χ1) is 9.03. The first-order valence-electron chi connectivity index (χ1n) is 5.03. The molecule has 0 aliphatic rings. The van der Waals surface area contributed by atoms with Gasteiger partial charge in [0.05, 0.1) is 10.2 Å². The number of hydrogen-bond donors (Lipinski definition) is 3. The lowest BCUT2D eigenvalue weighted by molar-refractivity contribution is 0.453. The maximum atomic E-state index is 11.5. The average Bonchev–Trinajstić information content (AvgIpc) is 2.68. The number of aromatic nitrogens is 1. The Morgan fingerprint density at radius 2 is 1.80 bits per heavy atom. The van der Waals surface area contributed by atoms with Crippen LogP contribution in [0.15, 0.2) is 24.3 Å². The number of hydrogen-bond acceptors (Lipinski definition) is 7. The highest BCUT2D eigenvalue weighted by molar-refractivity contribution is 8.04. The first kappa shape index (κ1) is 15.7. The van der Waals surface area contributed by atoms with Crippen molar-refractivity contribution in [3.8, 4) is 0 Å². The SMILES string of the molecule is O=S(=O)(O)CC(S)(c1nc2ccccc2s1)S(=O)(=O)O. The maximum Gasteiger partial charge on any atom is 0.287 e. The first-order valence-corrected chi connectivity index (χ1v) is 9.35. The highest BCUT2D eigenvalue weighted by Gasteiger charge is 2.47. The summed E-state index contributed by atoms with van der Waals surface area (Å²) in [5.74, 6) is -1.30. The van der Waals surface area contributed by atoms with Gasteiger partial charge in [0.2, 0.25) is 4.08 Å². The Balaban J connectivity index is 2.69. The minimum absolute atomic E-state index is 0.234. The molecule has 2 N–H and O–H groups in total. The molecule has 20 heavy (non-hydrogen) atoms. The molecule has 0 radical (unpaired) electrons. The summed E-state index contributed by atoms with van der Waals surface area (Å²) in [7, 11) is -9.62. The van der Waals surface area contributed by atoms with Gasteiger partial charge >= 0.3 is 0 Å². The Kier molecular flexibility index (Phi) is 3.86. The van der Waals surface area contributed by atoms with Gasteiger partial charge in [-0.3, -0.25) is 9.11 Å². The summed E-state index contributed by atoms with van der Waals surface area (Å²) in [6, 6.07) is 6.62. The molecule has 0 spiro atoms. The van der Waals surface area contributed by atoms with Gasteiger partial charge in [-0.1, -0.05) is 12.1 Å². The quantitative estimate of drug-likeness (QED) is 0.555. The number of thiazole rings is 1. The van der Waals surface area contributed by atoms with Gasteiger partial charge in [-0.25, -0.2) is 4.98 Å². The van der Waals surface area contributed by atoms with E-state index in [1.165, 1.54) is 0 Å². The van der Waals surface area contributed by atoms with Crippen LogP contribution in [0.1, 0.15) is 5.01 Å². The van der Waals surface area contributed by atoms with Gasteiger partial charge in [0, 0.05) is 0 Å². The van der Waals surface area contributed by atoms with E-state index in [0.29, 0.717) is 10.2 Å². The molecule has 11 heteroatoms.